The molecule has 114 valence electrons. The quantitative estimate of drug-likeness (QED) is 0.426. The van der Waals surface area contributed by atoms with E-state index in [-0.39, 0.29) is 23.2 Å². The molecule has 0 heterocycles. The third-order valence-electron chi connectivity index (χ3n) is 2.06. The van der Waals surface area contributed by atoms with Gasteiger partial charge in [0, 0.05) is 0 Å². The summed E-state index contributed by atoms with van der Waals surface area (Å²) in [7, 11) is 0. The van der Waals surface area contributed by atoms with Crippen molar-refractivity contribution in [1.29, 1.82) is 0 Å². The first-order valence-corrected chi connectivity index (χ1v) is 6.05. The number of halogens is 1. The Kier molecular flexibility index (Phi) is 4.85. The number of ether oxygens (including phenoxy) is 1. The molecule has 0 saturated carbocycles. The molecule has 0 spiro atoms. The lowest BCUT2D eigenvalue weighted by atomic mass is 10.1. The van der Waals surface area contributed by atoms with Gasteiger partial charge in [0.25, 0.3) is 0 Å². The van der Waals surface area contributed by atoms with Gasteiger partial charge in [-0.3, -0.25) is 0 Å². The minimum absolute atomic E-state index is 0.141. The number of aliphatic imine (C=N–C) groups is 2. The van der Waals surface area contributed by atoms with Gasteiger partial charge in [0.2, 0.25) is 5.96 Å². The summed E-state index contributed by atoms with van der Waals surface area (Å²) < 4.78 is 18.8. The molecular formula is C13H18FN5O2. The highest BCUT2D eigenvalue weighted by molar-refractivity contribution is 5.94. The van der Waals surface area contributed by atoms with Crippen molar-refractivity contribution in [3.8, 4) is 0 Å². The van der Waals surface area contributed by atoms with Crippen LogP contribution in [0.2, 0.25) is 0 Å². The van der Waals surface area contributed by atoms with Crippen LogP contribution in [0.15, 0.2) is 28.2 Å². The third kappa shape index (κ3) is 5.47. The molecule has 8 heteroatoms. The van der Waals surface area contributed by atoms with Crippen LogP contribution in [-0.4, -0.2) is 23.5 Å². The number of guanidine groups is 2. The summed E-state index contributed by atoms with van der Waals surface area (Å²) in [6.07, 6.45) is 0. The molecule has 0 radical (unpaired) electrons. The number of nitrogens with two attached hydrogens (primary N) is 3. The molecule has 0 unspecified atom stereocenters. The average molecular weight is 295 g/mol. The van der Waals surface area contributed by atoms with Gasteiger partial charge in [-0.15, -0.1) is 0 Å². The molecule has 0 bridgehead atoms. The maximum absolute atomic E-state index is 13.6. The van der Waals surface area contributed by atoms with Crippen molar-refractivity contribution in [2.75, 3.05) is 0 Å². The maximum atomic E-state index is 13.6. The van der Waals surface area contributed by atoms with Crippen LogP contribution in [0.4, 0.5) is 10.1 Å². The van der Waals surface area contributed by atoms with Gasteiger partial charge >= 0.3 is 5.97 Å². The molecule has 7 nitrogen and oxygen atoms in total. The second-order valence-electron chi connectivity index (χ2n) is 5.17. The van der Waals surface area contributed by atoms with Gasteiger partial charge in [0.1, 0.15) is 17.1 Å². The van der Waals surface area contributed by atoms with Crippen molar-refractivity contribution >= 4 is 23.6 Å². The number of carbonyl (C=O) groups is 1. The second-order valence-corrected chi connectivity index (χ2v) is 5.17. The molecule has 6 N–H and O–H groups in total. The third-order valence-corrected chi connectivity index (χ3v) is 2.06. The van der Waals surface area contributed by atoms with Crippen molar-refractivity contribution in [2.24, 2.45) is 27.2 Å². The minimum Gasteiger partial charge on any atom is -0.456 e. The molecule has 21 heavy (non-hydrogen) atoms. The van der Waals surface area contributed by atoms with Gasteiger partial charge in [-0.2, -0.15) is 4.99 Å². The van der Waals surface area contributed by atoms with Crippen LogP contribution >= 0.6 is 0 Å². The minimum atomic E-state index is -0.670. The second kappa shape index (κ2) is 6.21. The number of benzene rings is 1. The molecular weight excluding hydrogens is 277 g/mol. The van der Waals surface area contributed by atoms with E-state index in [1.54, 1.807) is 20.8 Å². The van der Waals surface area contributed by atoms with Crippen LogP contribution in [0.25, 0.3) is 0 Å². The fourth-order valence-corrected chi connectivity index (χ4v) is 1.34. The van der Waals surface area contributed by atoms with Gasteiger partial charge in [-0.05, 0) is 39.0 Å². The molecule has 0 atom stereocenters. The van der Waals surface area contributed by atoms with Crippen molar-refractivity contribution in [3.63, 3.8) is 0 Å². The molecule has 0 aromatic heterocycles. The number of hydrogen-bond donors (Lipinski definition) is 3. The van der Waals surface area contributed by atoms with E-state index in [1.165, 1.54) is 12.1 Å². The number of esters is 1. The Morgan fingerprint density at radius 1 is 1.24 bits per heavy atom. The Labute approximate surface area is 121 Å². The molecule has 0 aliphatic rings. The Hall–Kier alpha value is -2.64. The summed E-state index contributed by atoms with van der Waals surface area (Å²) in [6, 6.07) is 3.58. The molecule has 1 aromatic rings. The van der Waals surface area contributed by atoms with E-state index < -0.39 is 17.4 Å². The number of hydrogen-bond acceptors (Lipinski definition) is 3. The van der Waals surface area contributed by atoms with Gasteiger partial charge < -0.3 is 21.9 Å². The number of rotatable bonds is 2. The lowest BCUT2D eigenvalue weighted by Crippen LogP contribution is -2.26. The summed E-state index contributed by atoms with van der Waals surface area (Å²) in [5, 5.41) is 0. The summed E-state index contributed by atoms with van der Waals surface area (Å²) in [6.45, 7) is 5.18. The van der Waals surface area contributed by atoms with Gasteiger partial charge in [-0.1, -0.05) is 0 Å². The van der Waals surface area contributed by atoms with Gasteiger partial charge in [-0.25, -0.2) is 14.2 Å². The molecule has 0 aliphatic heterocycles. The first-order valence-electron chi connectivity index (χ1n) is 6.05. The zero-order chi connectivity index (χ0) is 16.2. The maximum Gasteiger partial charge on any atom is 0.338 e. The van der Waals surface area contributed by atoms with Crippen LogP contribution in [0.1, 0.15) is 31.1 Å². The zero-order valence-corrected chi connectivity index (χ0v) is 12.1. The molecule has 0 aliphatic carbocycles. The fourth-order valence-electron chi connectivity index (χ4n) is 1.34. The topological polar surface area (TPSA) is 129 Å². The smallest absolute Gasteiger partial charge is 0.338 e. The monoisotopic (exact) mass is 295 g/mol. The van der Waals surface area contributed by atoms with Crippen LogP contribution in [0.3, 0.4) is 0 Å². The van der Waals surface area contributed by atoms with Crippen LogP contribution in [-0.2, 0) is 4.74 Å². The van der Waals surface area contributed by atoms with Crippen molar-refractivity contribution < 1.29 is 13.9 Å². The summed E-state index contributed by atoms with van der Waals surface area (Å²) in [4.78, 5) is 19.1. The van der Waals surface area contributed by atoms with Gasteiger partial charge in [0.05, 0.1) is 5.56 Å². The van der Waals surface area contributed by atoms with Crippen molar-refractivity contribution in [1.82, 2.24) is 0 Å². The number of nitrogens with zero attached hydrogens (tertiary/aromatic N) is 2. The first kappa shape index (κ1) is 16.4. The van der Waals surface area contributed by atoms with E-state index >= 15 is 0 Å². The van der Waals surface area contributed by atoms with E-state index in [0.717, 1.165) is 6.07 Å². The molecule has 1 rings (SSSR count). The Morgan fingerprint density at radius 2 is 1.86 bits per heavy atom. The van der Waals surface area contributed by atoms with Crippen molar-refractivity contribution in [3.05, 3.63) is 29.6 Å². The molecule has 0 fully saturated rings. The van der Waals surface area contributed by atoms with E-state index in [4.69, 9.17) is 21.9 Å². The highest BCUT2D eigenvalue weighted by Crippen LogP contribution is 2.21. The lowest BCUT2D eigenvalue weighted by Gasteiger charge is -2.19. The zero-order valence-electron chi connectivity index (χ0n) is 12.1. The molecule has 0 amide bonds. The first-order chi connectivity index (χ1) is 9.58. The van der Waals surface area contributed by atoms with E-state index in [2.05, 4.69) is 9.98 Å². The van der Waals surface area contributed by atoms with Crippen LogP contribution in [0, 0.1) is 5.82 Å². The van der Waals surface area contributed by atoms with E-state index in [0.29, 0.717) is 0 Å². The fraction of sp³-hybridized carbons (Fsp3) is 0.308. The molecule has 0 saturated heterocycles. The summed E-state index contributed by atoms with van der Waals surface area (Å²) in [5.41, 5.74) is 15.0. The van der Waals surface area contributed by atoms with E-state index in [1.807, 2.05) is 0 Å². The average Bonchev–Trinajstić information content (AvgIpc) is 2.28. The highest BCUT2D eigenvalue weighted by atomic mass is 19.1. The SMILES string of the molecule is CC(C)(C)OC(=O)c1ccc(F)c(N=C(N)N=C(N)N)c1. The number of carbonyl (C=O) groups excluding carboxylic acids is 1. The van der Waals surface area contributed by atoms with Crippen molar-refractivity contribution in [2.45, 2.75) is 26.4 Å². The predicted octanol–water partition coefficient (Wildman–Crippen LogP) is 1.00. The van der Waals surface area contributed by atoms with Crippen LogP contribution < -0.4 is 17.2 Å². The van der Waals surface area contributed by atoms with Crippen LogP contribution in [0.5, 0.6) is 0 Å². The molecule has 1 aromatic carbocycles. The summed E-state index contributed by atoms with van der Waals surface area (Å²) in [5.74, 6) is -1.90. The predicted molar refractivity (Wildman–Crippen MR) is 78.7 cm³/mol. The lowest BCUT2D eigenvalue weighted by molar-refractivity contribution is 0.00695. The normalized spacial score (nSPS) is 11.9. The Balaban J connectivity index is 3.11. The standard InChI is InChI=1S/C13H18FN5O2/c1-13(2,3)21-10(20)7-4-5-8(14)9(6-7)18-12(17)19-11(15)16/h4-6H,1-3H3,(H6,15,16,17,18,19). The van der Waals surface area contributed by atoms with E-state index in [9.17, 15) is 9.18 Å². The Morgan fingerprint density at radius 3 is 2.38 bits per heavy atom. The highest BCUT2D eigenvalue weighted by Gasteiger charge is 2.18. The van der Waals surface area contributed by atoms with Gasteiger partial charge in [0.15, 0.2) is 5.96 Å². The Bertz CT molecular complexity index is 601. The largest absolute Gasteiger partial charge is 0.456 e. The summed E-state index contributed by atoms with van der Waals surface area (Å²) >= 11 is 0.